The van der Waals surface area contributed by atoms with Crippen molar-refractivity contribution in [3.63, 3.8) is 0 Å². The van der Waals surface area contributed by atoms with Gasteiger partial charge in [0.1, 0.15) is 5.75 Å². The predicted molar refractivity (Wildman–Crippen MR) is 110 cm³/mol. The van der Waals surface area contributed by atoms with Crippen LogP contribution in [-0.2, 0) is 14.8 Å². The molecule has 0 unspecified atom stereocenters. The number of sulfonamides is 1. The van der Waals surface area contributed by atoms with E-state index in [9.17, 15) is 18.0 Å². The molecule has 0 spiro atoms. The van der Waals surface area contributed by atoms with Crippen LogP contribution in [0.3, 0.4) is 0 Å². The number of rotatable bonds is 6. The van der Waals surface area contributed by atoms with Crippen molar-refractivity contribution in [3.05, 3.63) is 48.0 Å². The van der Waals surface area contributed by atoms with Gasteiger partial charge in [-0.2, -0.15) is 4.31 Å². The Morgan fingerprint density at radius 1 is 1.14 bits per heavy atom. The molecule has 2 amide bonds. The number of carbonyl (C=O) groups is 2. The summed E-state index contributed by atoms with van der Waals surface area (Å²) in [5, 5.41) is 2.76. The third kappa shape index (κ3) is 4.10. The summed E-state index contributed by atoms with van der Waals surface area (Å²) in [6.45, 7) is 4.26. The molecular weight excluding hydrogens is 394 g/mol. The topological polar surface area (TPSA) is 96.0 Å². The normalized spacial score (nSPS) is 13.8. The van der Waals surface area contributed by atoms with Crippen molar-refractivity contribution < 1.29 is 22.7 Å². The van der Waals surface area contributed by atoms with Crippen molar-refractivity contribution in [2.75, 3.05) is 37.0 Å². The number of ether oxygens (including phenoxy) is 1. The molecule has 0 saturated heterocycles. The smallest absolute Gasteiger partial charge is 0.264 e. The van der Waals surface area contributed by atoms with Gasteiger partial charge in [-0.1, -0.05) is 13.8 Å². The lowest BCUT2D eigenvalue weighted by Gasteiger charge is -2.26. The van der Waals surface area contributed by atoms with E-state index in [-0.39, 0.29) is 23.3 Å². The number of hydrogen-bond acceptors (Lipinski definition) is 5. The third-order valence-electron chi connectivity index (χ3n) is 4.76. The van der Waals surface area contributed by atoms with E-state index >= 15 is 0 Å². The minimum absolute atomic E-state index is 0.0522. The van der Waals surface area contributed by atoms with Crippen molar-refractivity contribution in [2.24, 2.45) is 0 Å². The van der Waals surface area contributed by atoms with Gasteiger partial charge >= 0.3 is 0 Å². The summed E-state index contributed by atoms with van der Waals surface area (Å²) in [5.74, 6) is -0.0171. The number of fused-ring (bicyclic) bond motifs is 1. The highest BCUT2D eigenvalue weighted by Crippen LogP contribution is 2.33. The lowest BCUT2D eigenvalue weighted by atomic mass is 10.2. The summed E-state index contributed by atoms with van der Waals surface area (Å²) in [7, 11) is -1.91. The average Bonchev–Trinajstić information content (AvgIpc) is 2.71. The Balaban J connectivity index is 1.76. The highest BCUT2D eigenvalue weighted by molar-refractivity contribution is 7.89. The van der Waals surface area contributed by atoms with Gasteiger partial charge in [-0.05, 0) is 36.4 Å². The van der Waals surface area contributed by atoms with Gasteiger partial charge in [-0.15, -0.1) is 0 Å². The number of benzene rings is 2. The molecule has 9 heteroatoms. The van der Waals surface area contributed by atoms with Gasteiger partial charge in [0.25, 0.3) is 11.8 Å². The van der Waals surface area contributed by atoms with E-state index in [0.717, 1.165) is 0 Å². The van der Waals surface area contributed by atoms with Gasteiger partial charge in [0, 0.05) is 37.5 Å². The van der Waals surface area contributed by atoms with Crippen molar-refractivity contribution in [1.82, 2.24) is 4.31 Å². The Labute approximate surface area is 170 Å². The first-order valence-electron chi connectivity index (χ1n) is 9.23. The fourth-order valence-corrected chi connectivity index (χ4v) is 4.51. The van der Waals surface area contributed by atoms with Gasteiger partial charge in [-0.3, -0.25) is 9.59 Å². The average molecular weight is 417 g/mol. The summed E-state index contributed by atoms with van der Waals surface area (Å²) in [4.78, 5) is 25.8. The Kier molecular flexibility index (Phi) is 5.90. The fourth-order valence-electron chi connectivity index (χ4n) is 3.05. The summed E-state index contributed by atoms with van der Waals surface area (Å²) < 4.78 is 31.8. The van der Waals surface area contributed by atoms with E-state index in [1.807, 2.05) is 0 Å². The minimum Gasteiger partial charge on any atom is -0.481 e. The summed E-state index contributed by atoms with van der Waals surface area (Å²) >= 11 is 0. The molecule has 0 fully saturated rings. The molecule has 2 aromatic rings. The zero-order valence-corrected chi connectivity index (χ0v) is 17.3. The van der Waals surface area contributed by atoms with Gasteiger partial charge in [0.2, 0.25) is 10.0 Å². The summed E-state index contributed by atoms with van der Waals surface area (Å²) in [6, 6.07) is 10.8. The predicted octanol–water partition coefficient (Wildman–Crippen LogP) is 2.32. The number of hydrogen-bond donors (Lipinski definition) is 1. The van der Waals surface area contributed by atoms with Crippen LogP contribution < -0.4 is 15.0 Å². The third-order valence-corrected chi connectivity index (χ3v) is 6.83. The van der Waals surface area contributed by atoms with Crippen LogP contribution in [0.2, 0.25) is 0 Å². The van der Waals surface area contributed by atoms with E-state index < -0.39 is 10.0 Å². The number of nitrogens with one attached hydrogen (secondary N) is 1. The molecule has 0 aliphatic carbocycles. The first-order valence-corrected chi connectivity index (χ1v) is 10.7. The lowest BCUT2D eigenvalue weighted by Crippen LogP contribution is -2.35. The van der Waals surface area contributed by atoms with Crippen LogP contribution in [0.4, 0.5) is 11.4 Å². The van der Waals surface area contributed by atoms with Crippen molar-refractivity contribution in [3.8, 4) is 5.75 Å². The molecule has 3 rings (SSSR count). The maximum absolute atomic E-state index is 12.5. The molecule has 29 heavy (non-hydrogen) atoms. The first-order chi connectivity index (χ1) is 13.8. The molecule has 1 aliphatic rings. The molecule has 0 atom stereocenters. The van der Waals surface area contributed by atoms with E-state index in [0.29, 0.717) is 35.8 Å². The second-order valence-corrected chi connectivity index (χ2v) is 8.43. The molecule has 0 saturated carbocycles. The zero-order chi connectivity index (χ0) is 21.2. The maximum atomic E-state index is 12.5. The van der Waals surface area contributed by atoms with Gasteiger partial charge < -0.3 is 15.0 Å². The SMILES string of the molecule is CCN(CC)S(=O)(=O)c1ccc(C(=O)Nc2ccc3c(c2)OCC(=O)N3C)cc1. The molecule has 0 bridgehead atoms. The van der Waals surface area contributed by atoms with Crippen molar-refractivity contribution in [2.45, 2.75) is 18.7 Å². The highest BCUT2D eigenvalue weighted by atomic mass is 32.2. The molecule has 1 aliphatic heterocycles. The molecule has 8 nitrogen and oxygen atoms in total. The maximum Gasteiger partial charge on any atom is 0.264 e. The Hall–Kier alpha value is -2.91. The molecule has 1 heterocycles. The van der Waals surface area contributed by atoms with E-state index in [1.165, 1.54) is 33.5 Å². The minimum atomic E-state index is -3.57. The summed E-state index contributed by atoms with van der Waals surface area (Å²) in [5.41, 5.74) is 1.47. The van der Waals surface area contributed by atoms with E-state index in [1.54, 1.807) is 39.1 Å². The van der Waals surface area contributed by atoms with Crippen LogP contribution in [0.1, 0.15) is 24.2 Å². The number of nitrogens with zero attached hydrogens (tertiary/aromatic N) is 2. The van der Waals surface area contributed by atoms with E-state index in [4.69, 9.17) is 4.74 Å². The van der Waals surface area contributed by atoms with Crippen LogP contribution in [-0.4, -0.2) is 51.3 Å². The summed E-state index contributed by atoms with van der Waals surface area (Å²) in [6.07, 6.45) is 0. The second-order valence-electron chi connectivity index (χ2n) is 6.49. The van der Waals surface area contributed by atoms with Crippen LogP contribution in [0.5, 0.6) is 5.75 Å². The Bertz CT molecular complexity index is 1030. The number of anilines is 2. The molecule has 154 valence electrons. The number of carbonyl (C=O) groups excluding carboxylic acids is 2. The first kappa shape index (κ1) is 20.8. The van der Waals surface area contributed by atoms with E-state index in [2.05, 4.69) is 5.32 Å². The largest absolute Gasteiger partial charge is 0.481 e. The number of amides is 2. The quantitative estimate of drug-likeness (QED) is 0.778. The van der Waals surface area contributed by atoms with Crippen LogP contribution in [0, 0.1) is 0 Å². The molecule has 1 N–H and O–H groups in total. The Morgan fingerprint density at radius 2 is 1.79 bits per heavy atom. The molecular formula is C20H23N3O5S. The van der Waals surface area contributed by atoms with Gasteiger partial charge in [-0.25, -0.2) is 8.42 Å². The van der Waals surface area contributed by atoms with Crippen molar-refractivity contribution >= 4 is 33.2 Å². The Morgan fingerprint density at radius 3 is 2.41 bits per heavy atom. The van der Waals surface area contributed by atoms with Gasteiger partial charge in [0.15, 0.2) is 6.61 Å². The number of likely N-dealkylation sites (N-methyl/N-ethyl adjacent to an activating group) is 1. The van der Waals surface area contributed by atoms with Crippen LogP contribution in [0.15, 0.2) is 47.4 Å². The van der Waals surface area contributed by atoms with Crippen LogP contribution >= 0.6 is 0 Å². The van der Waals surface area contributed by atoms with Gasteiger partial charge in [0.05, 0.1) is 10.6 Å². The monoisotopic (exact) mass is 417 g/mol. The molecule has 0 radical (unpaired) electrons. The standard InChI is InChI=1S/C20H23N3O5S/c1-4-23(5-2)29(26,27)16-9-6-14(7-10-16)20(25)21-15-8-11-17-18(12-15)28-13-19(24)22(17)3/h6-12H,4-5,13H2,1-3H3,(H,21,25). The van der Waals surface area contributed by atoms with Crippen LogP contribution in [0.25, 0.3) is 0 Å². The molecule has 2 aromatic carbocycles. The lowest BCUT2D eigenvalue weighted by molar-refractivity contribution is -0.120. The highest BCUT2D eigenvalue weighted by Gasteiger charge is 2.23. The zero-order valence-electron chi connectivity index (χ0n) is 16.5. The van der Waals surface area contributed by atoms with Crippen molar-refractivity contribution in [1.29, 1.82) is 0 Å². The molecule has 0 aromatic heterocycles. The fraction of sp³-hybridized carbons (Fsp3) is 0.300. The second kappa shape index (κ2) is 8.22.